The summed E-state index contributed by atoms with van der Waals surface area (Å²) in [6.07, 6.45) is -0.183. The van der Waals surface area contributed by atoms with Gasteiger partial charge in [0, 0.05) is 18.2 Å². The topological polar surface area (TPSA) is 138 Å². The van der Waals surface area contributed by atoms with Crippen molar-refractivity contribution in [3.63, 3.8) is 0 Å². The summed E-state index contributed by atoms with van der Waals surface area (Å²) in [7, 11) is 3.04. The van der Waals surface area contributed by atoms with E-state index in [0.717, 1.165) is 5.52 Å². The molecule has 2 aromatic carbocycles. The highest BCUT2D eigenvalue weighted by atomic mass is 16.5. The molecule has 4 rings (SSSR count). The summed E-state index contributed by atoms with van der Waals surface area (Å²) in [5.41, 5.74) is 7.63. The molecule has 1 aromatic heterocycles. The Kier molecular flexibility index (Phi) is 4.78. The molecule has 5 N–H and O–H groups in total. The number of hydrogen-bond donors (Lipinski definition) is 4. The molecule has 0 spiro atoms. The molecule has 1 aliphatic rings. The molecule has 1 atom stereocenters. The molecule has 0 radical (unpaired) electrons. The van der Waals surface area contributed by atoms with E-state index in [-0.39, 0.29) is 23.6 Å². The number of methoxy groups -OCH3 is 2. The number of amides is 1. The van der Waals surface area contributed by atoms with Crippen molar-refractivity contribution < 1.29 is 19.4 Å². The maximum absolute atomic E-state index is 11.7. The van der Waals surface area contributed by atoms with Crippen LogP contribution < -0.4 is 20.1 Å². The zero-order valence-corrected chi connectivity index (χ0v) is 16.5. The maximum Gasteiger partial charge on any atom is 0.219 e. The van der Waals surface area contributed by atoms with Gasteiger partial charge in [-0.25, -0.2) is 4.98 Å². The average molecular weight is 407 g/mol. The van der Waals surface area contributed by atoms with Gasteiger partial charge in [0.1, 0.15) is 35.0 Å². The van der Waals surface area contributed by atoms with E-state index < -0.39 is 11.9 Å². The summed E-state index contributed by atoms with van der Waals surface area (Å²) in [6.45, 7) is 0. The van der Waals surface area contributed by atoms with Crippen molar-refractivity contribution in [1.82, 2.24) is 9.97 Å². The number of aliphatic hydroxyl groups excluding tert-OH is 1. The Morgan fingerprint density at radius 3 is 2.50 bits per heavy atom. The standard InChI is InChI=1S/C21H21N5O4/c1-29-12-7-11(8-13(9-12)30-2)26-16(10-17(22)27)19(28)18(20(26)23)21-24-14-5-3-4-6-15(14)25-21/h3-9,16,23,28H,10H2,1-2H3,(H2,22,27)(H,24,25). The molecule has 3 aromatic rings. The summed E-state index contributed by atoms with van der Waals surface area (Å²) in [4.78, 5) is 20.9. The quantitative estimate of drug-likeness (QED) is 0.496. The van der Waals surface area contributed by atoms with Crippen LogP contribution in [0.25, 0.3) is 16.6 Å². The van der Waals surface area contributed by atoms with E-state index in [2.05, 4.69) is 9.97 Å². The number of carbonyl (C=O) groups excluding carboxylic acids is 1. The van der Waals surface area contributed by atoms with E-state index in [4.69, 9.17) is 20.6 Å². The van der Waals surface area contributed by atoms with Crippen molar-refractivity contribution in [2.45, 2.75) is 12.5 Å². The van der Waals surface area contributed by atoms with E-state index in [0.29, 0.717) is 28.5 Å². The van der Waals surface area contributed by atoms with Gasteiger partial charge >= 0.3 is 0 Å². The summed E-state index contributed by atoms with van der Waals surface area (Å²) in [5.74, 6) is 0.571. The van der Waals surface area contributed by atoms with Crippen molar-refractivity contribution in [3.05, 3.63) is 54.0 Å². The minimum absolute atomic E-state index is 0.0203. The number of hydrogen-bond acceptors (Lipinski definition) is 6. The van der Waals surface area contributed by atoms with Crippen LogP contribution in [0, 0.1) is 5.41 Å². The molecule has 1 amide bonds. The predicted molar refractivity (Wildman–Crippen MR) is 113 cm³/mol. The van der Waals surface area contributed by atoms with Gasteiger partial charge in [-0.2, -0.15) is 0 Å². The predicted octanol–water partition coefficient (Wildman–Crippen LogP) is 2.59. The van der Waals surface area contributed by atoms with Crippen LogP contribution in [0.15, 0.2) is 48.2 Å². The summed E-state index contributed by atoms with van der Waals surface area (Å²) < 4.78 is 10.6. The van der Waals surface area contributed by atoms with Crippen LogP contribution >= 0.6 is 0 Å². The number of para-hydroxylation sites is 2. The Bertz CT molecular complexity index is 1130. The van der Waals surface area contributed by atoms with E-state index >= 15 is 0 Å². The highest BCUT2D eigenvalue weighted by Gasteiger charge is 2.41. The number of amidine groups is 1. The van der Waals surface area contributed by atoms with Gasteiger partial charge in [0.15, 0.2) is 0 Å². The lowest BCUT2D eigenvalue weighted by Crippen LogP contribution is -2.38. The number of aliphatic hydroxyl groups is 1. The van der Waals surface area contributed by atoms with Crippen molar-refractivity contribution in [2.75, 3.05) is 19.1 Å². The van der Waals surface area contributed by atoms with Crippen LogP contribution in [0.2, 0.25) is 0 Å². The second kappa shape index (κ2) is 7.43. The van der Waals surface area contributed by atoms with E-state index in [1.165, 1.54) is 19.1 Å². The van der Waals surface area contributed by atoms with Crippen LogP contribution in [0.3, 0.4) is 0 Å². The van der Waals surface area contributed by atoms with Crippen molar-refractivity contribution in [1.29, 1.82) is 5.41 Å². The fourth-order valence-corrected chi connectivity index (χ4v) is 3.61. The number of nitrogens with one attached hydrogen (secondary N) is 2. The van der Waals surface area contributed by atoms with Gasteiger partial charge in [0.25, 0.3) is 0 Å². The minimum atomic E-state index is -0.852. The van der Waals surface area contributed by atoms with E-state index in [1.54, 1.807) is 18.2 Å². The number of nitrogens with two attached hydrogens (primary N) is 1. The Balaban J connectivity index is 1.84. The zero-order chi connectivity index (χ0) is 21.4. The lowest BCUT2D eigenvalue weighted by Gasteiger charge is -2.27. The fourth-order valence-electron chi connectivity index (χ4n) is 3.61. The number of imidazole rings is 1. The third-order valence-electron chi connectivity index (χ3n) is 5.00. The lowest BCUT2D eigenvalue weighted by atomic mass is 10.1. The van der Waals surface area contributed by atoms with Gasteiger partial charge in [-0.1, -0.05) is 12.1 Å². The van der Waals surface area contributed by atoms with Crippen molar-refractivity contribution in [3.8, 4) is 11.5 Å². The molecule has 2 heterocycles. The maximum atomic E-state index is 11.7. The largest absolute Gasteiger partial charge is 0.509 e. The van der Waals surface area contributed by atoms with Gasteiger partial charge in [-0.15, -0.1) is 0 Å². The molecule has 0 fully saturated rings. The monoisotopic (exact) mass is 407 g/mol. The van der Waals surface area contributed by atoms with Gasteiger partial charge in [-0.3, -0.25) is 10.2 Å². The first-order chi connectivity index (χ1) is 14.4. The molecule has 9 heteroatoms. The molecule has 30 heavy (non-hydrogen) atoms. The van der Waals surface area contributed by atoms with Gasteiger partial charge in [0.05, 0.1) is 42.9 Å². The Labute approximate surface area is 172 Å². The fraction of sp³-hybridized carbons (Fsp3) is 0.190. The lowest BCUT2D eigenvalue weighted by molar-refractivity contribution is -0.118. The van der Waals surface area contributed by atoms with E-state index in [9.17, 15) is 9.90 Å². The third kappa shape index (κ3) is 3.20. The summed E-state index contributed by atoms with van der Waals surface area (Å²) >= 11 is 0. The first-order valence-corrected chi connectivity index (χ1v) is 9.20. The number of benzene rings is 2. The number of fused-ring (bicyclic) bond motifs is 1. The van der Waals surface area contributed by atoms with Gasteiger partial charge in [-0.05, 0) is 12.1 Å². The first-order valence-electron chi connectivity index (χ1n) is 9.20. The van der Waals surface area contributed by atoms with Crippen LogP contribution in [0.5, 0.6) is 11.5 Å². The molecular weight excluding hydrogens is 386 g/mol. The van der Waals surface area contributed by atoms with E-state index in [1.807, 2.05) is 24.3 Å². The molecule has 154 valence electrons. The highest BCUT2D eigenvalue weighted by Crippen LogP contribution is 2.39. The Hall–Kier alpha value is -4.01. The molecule has 0 aliphatic carbocycles. The van der Waals surface area contributed by atoms with Gasteiger partial charge < -0.3 is 30.2 Å². The zero-order valence-electron chi connectivity index (χ0n) is 16.5. The Morgan fingerprint density at radius 2 is 1.90 bits per heavy atom. The number of H-pyrrole nitrogens is 1. The van der Waals surface area contributed by atoms with Crippen LogP contribution in [0.4, 0.5) is 5.69 Å². The van der Waals surface area contributed by atoms with Crippen molar-refractivity contribution >= 4 is 34.0 Å². The number of aromatic nitrogens is 2. The van der Waals surface area contributed by atoms with Crippen LogP contribution in [-0.2, 0) is 4.79 Å². The molecule has 9 nitrogen and oxygen atoms in total. The van der Waals surface area contributed by atoms with Crippen LogP contribution in [0.1, 0.15) is 12.2 Å². The van der Waals surface area contributed by atoms with Crippen molar-refractivity contribution in [2.24, 2.45) is 5.73 Å². The summed E-state index contributed by atoms with van der Waals surface area (Å²) in [5, 5.41) is 19.8. The second-order valence-corrected chi connectivity index (χ2v) is 6.84. The summed E-state index contributed by atoms with van der Waals surface area (Å²) in [6, 6.07) is 11.6. The third-order valence-corrected chi connectivity index (χ3v) is 5.00. The van der Waals surface area contributed by atoms with Crippen LogP contribution in [-0.4, -0.2) is 47.1 Å². The molecule has 0 saturated heterocycles. The first kappa shape index (κ1) is 19.3. The Morgan fingerprint density at radius 1 is 1.23 bits per heavy atom. The number of ether oxygens (including phenoxy) is 2. The molecule has 1 aliphatic heterocycles. The number of carbonyl (C=O) groups is 1. The molecule has 0 saturated carbocycles. The smallest absolute Gasteiger partial charge is 0.219 e. The highest BCUT2D eigenvalue weighted by molar-refractivity contribution is 6.31. The second-order valence-electron chi connectivity index (χ2n) is 6.84. The normalized spacial score (nSPS) is 16.4. The number of primary amides is 1. The van der Waals surface area contributed by atoms with Gasteiger partial charge in [0.2, 0.25) is 5.91 Å². The average Bonchev–Trinajstić information content (AvgIpc) is 3.25. The number of rotatable bonds is 6. The molecule has 0 bridgehead atoms. The minimum Gasteiger partial charge on any atom is -0.509 e. The molecule has 1 unspecified atom stereocenters. The number of aromatic amines is 1. The number of nitrogens with zero attached hydrogens (tertiary/aromatic N) is 2. The SMILES string of the molecule is COc1cc(OC)cc(N2C(=N)C(c3nc4ccccc4[nH]3)=C(O)C2CC(N)=O)c1. The number of anilines is 1. The molecular formula is C21H21N5O4.